The van der Waals surface area contributed by atoms with Crippen LogP contribution >= 0.6 is 0 Å². The summed E-state index contributed by atoms with van der Waals surface area (Å²) in [6.07, 6.45) is 35.4. The van der Waals surface area contributed by atoms with Gasteiger partial charge in [0.1, 0.15) is 0 Å². The minimum Gasteiger partial charge on any atom is -0.252 e. The summed E-state index contributed by atoms with van der Waals surface area (Å²) in [4.78, 5) is 10.7. The Bertz CT molecular complexity index is 1180. The van der Waals surface area contributed by atoms with E-state index in [4.69, 9.17) is 9.98 Å². The molecule has 0 aromatic heterocycles. The largest absolute Gasteiger partial charge is 0.252 e. The second-order valence-electron chi connectivity index (χ2n) is 14.7. The van der Waals surface area contributed by atoms with E-state index in [9.17, 15) is 0 Å². The quantitative estimate of drug-likeness (QED) is 0.0435. The molecule has 0 aliphatic heterocycles. The maximum absolute atomic E-state index is 5.37. The summed E-state index contributed by atoms with van der Waals surface area (Å²) in [5.41, 5.74) is 10.4. The van der Waals surface area contributed by atoms with Crippen LogP contribution in [-0.4, -0.2) is 11.4 Å². The van der Waals surface area contributed by atoms with Gasteiger partial charge >= 0.3 is 0 Å². The number of unbranched alkanes of at least 4 members (excludes halogenated alkanes) is 19. The third-order valence-electron chi connectivity index (χ3n) is 10.5. The van der Waals surface area contributed by atoms with Gasteiger partial charge in [-0.25, -0.2) is 0 Å². The molecule has 286 valence electrons. The second-order valence-corrected chi connectivity index (χ2v) is 14.7. The van der Waals surface area contributed by atoms with Crippen LogP contribution in [0.5, 0.6) is 0 Å². The Balaban J connectivity index is 0.0000125. The smallest absolute Gasteiger partial charge is 0.0636 e. The molecule has 0 amide bonds. The first kappa shape index (κ1) is 46.3. The van der Waals surface area contributed by atoms with Gasteiger partial charge in [0.2, 0.25) is 0 Å². The number of hydrogen-bond acceptors (Lipinski definition) is 2. The number of aliphatic imine (C=N–C) groups is 2. The monoisotopic (exact) mass is 729 g/mol. The molecule has 0 radical (unpaired) electrons. The van der Waals surface area contributed by atoms with E-state index >= 15 is 0 Å². The van der Waals surface area contributed by atoms with Gasteiger partial charge in [-0.05, 0) is 97.9 Å². The van der Waals surface area contributed by atoms with Crippen LogP contribution in [-0.2, 0) is 42.2 Å². The molecule has 0 heterocycles. The van der Waals surface area contributed by atoms with Crippen molar-refractivity contribution >= 4 is 22.8 Å². The topological polar surface area (TPSA) is 24.7 Å². The van der Waals surface area contributed by atoms with E-state index in [1.165, 1.54) is 162 Å². The van der Waals surface area contributed by atoms with Gasteiger partial charge in [-0.2, -0.15) is 0 Å². The van der Waals surface area contributed by atoms with Crippen molar-refractivity contribution in [3.63, 3.8) is 0 Å². The molecule has 0 aliphatic rings. The maximum atomic E-state index is 5.37. The third kappa shape index (κ3) is 19.8. The predicted molar refractivity (Wildman–Crippen MR) is 222 cm³/mol. The van der Waals surface area contributed by atoms with Crippen molar-refractivity contribution in [3.05, 3.63) is 58.7 Å². The first-order chi connectivity index (χ1) is 24.1. The summed E-state index contributed by atoms with van der Waals surface area (Å²) >= 11 is 0. The van der Waals surface area contributed by atoms with Crippen LogP contribution < -0.4 is 0 Å². The van der Waals surface area contributed by atoms with Gasteiger partial charge in [0.15, 0.2) is 0 Å². The molecule has 0 unspecified atom stereocenters. The molecule has 0 saturated heterocycles. The molecule has 0 spiro atoms. The van der Waals surface area contributed by atoms with Crippen molar-refractivity contribution in [1.29, 1.82) is 0 Å². The Morgan fingerprint density at radius 1 is 0.360 bits per heavy atom. The molecule has 50 heavy (non-hydrogen) atoms. The van der Waals surface area contributed by atoms with Gasteiger partial charge in [0, 0.05) is 16.5 Å². The number of aryl methyl sites for hydroxylation is 4. The Hall–Kier alpha value is -1.73. The summed E-state index contributed by atoms with van der Waals surface area (Å²) in [5.74, 6) is 0. The summed E-state index contributed by atoms with van der Waals surface area (Å²) < 4.78 is 0. The Labute approximate surface area is 321 Å². The fraction of sp³-hybridized carbons (Fsp3) is 0.702. The fourth-order valence-electron chi connectivity index (χ4n) is 7.27. The van der Waals surface area contributed by atoms with Crippen LogP contribution in [0.1, 0.15) is 211 Å². The van der Waals surface area contributed by atoms with Gasteiger partial charge < -0.3 is 0 Å². The molecular formula is C47H78N2Ni. The van der Waals surface area contributed by atoms with Crippen LogP contribution in [0.2, 0.25) is 0 Å². The Morgan fingerprint density at radius 2 is 0.660 bits per heavy atom. The number of hydrogen-bond donors (Lipinski definition) is 0. The van der Waals surface area contributed by atoms with Gasteiger partial charge in [-0.3, -0.25) is 9.98 Å². The standard InChI is InChI=1S/C47H78N2.Ni/c1-7-13-15-16-17-18-19-20-21-22-23-24-25-26-27-28-29-30-31-33-47(49-45-37-35-41(10-4)43(12-6)39-45)46(32-14-8-2)48-44-36-34-40(9-3)42(11-5)38-44;/h34-39H,7-33H2,1-6H3;. The number of benzene rings is 2. The van der Waals surface area contributed by atoms with Crippen LogP contribution in [0.4, 0.5) is 11.4 Å². The van der Waals surface area contributed by atoms with Gasteiger partial charge in [0.05, 0.1) is 22.8 Å². The van der Waals surface area contributed by atoms with Crippen molar-refractivity contribution in [2.75, 3.05) is 0 Å². The zero-order chi connectivity index (χ0) is 35.4. The molecule has 0 saturated carbocycles. The van der Waals surface area contributed by atoms with Crippen molar-refractivity contribution < 1.29 is 16.5 Å². The molecule has 3 heteroatoms. The molecule has 2 rings (SSSR count). The van der Waals surface area contributed by atoms with E-state index in [2.05, 4.69) is 77.9 Å². The van der Waals surface area contributed by atoms with Crippen molar-refractivity contribution in [3.8, 4) is 0 Å². The van der Waals surface area contributed by atoms with E-state index in [1.54, 1.807) is 0 Å². The first-order valence-electron chi connectivity index (χ1n) is 21.5. The molecular weight excluding hydrogens is 651 g/mol. The predicted octanol–water partition coefficient (Wildman–Crippen LogP) is 15.8. The van der Waals surface area contributed by atoms with Gasteiger partial charge in [-0.15, -0.1) is 0 Å². The molecule has 0 aliphatic carbocycles. The average molecular weight is 730 g/mol. The van der Waals surface area contributed by atoms with E-state index < -0.39 is 0 Å². The molecule has 0 bridgehead atoms. The molecule has 0 fully saturated rings. The molecule has 2 nitrogen and oxygen atoms in total. The van der Waals surface area contributed by atoms with Gasteiger partial charge in [-0.1, -0.05) is 176 Å². The molecule has 0 atom stereocenters. The van der Waals surface area contributed by atoms with Crippen LogP contribution in [0.25, 0.3) is 0 Å². The summed E-state index contributed by atoms with van der Waals surface area (Å²) in [7, 11) is 0. The van der Waals surface area contributed by atoms with E-state index in [1.807, 2.05) is 0 Å². The van der Waals surface area contributed by atoms with Crippen LogP contribution in [0.15, 0.2) is 46.4 Å². The van der Waals surface area contributed by atoms with Crippen LogP contribution in [0.3, 0.4) is 0 Å². The summed E-state index contributed by atoms with van der Waals surface area (Å²) in [5, 5.41) is 0. The molecule has 2 aromatic rings. The zero-order valence-electron chi connectivity index (χ0n) is 33.8. The van der Waals surface area contributed by atoms with E-state index in [0.717, 1.165) is 56.3 Å². The van der Waals surface area contributed by atoms with E-state index in [0.29, 0.717) is 0 Å². The van der Waals surface area contributed by atoms with E-state index in [-0.39, 0.29) is 16.5 Å². The average Bonchev–Trinajstić information content (AvgIpc) is 3.13. The molecule has 0 N–H and O–H groups in total. The molecule has 2 aromatic carbocycles. The minimum atomic E-state index is 0. The number of rotatable bonds is 30. The van der Waals surface area contributed by atoms with Gasteiger partial charge in [0.25, 0.3) is 0 Å². The second kappa shape index (κ2) is 30.9. The summed E-state index contributed by atoms with van der Waals surface area (Å²) in [6.45, 7) is 13.6. The number of nitrogens with zero attached hydrogens (tertiary/aromatic N) is 2. The maximum Gasteiger partial charge on any atom is 0.0636 e. The normalized spacial score (nSPS) is 12.0. The minimum absolute atomic E-state index is 0. The fourth-order valence-corrected chi connectivity index (χ4v) is 7.27. The van der Waals surface area contributed by atoms with Crippen molar-refractivity contribution in [1.82, 2.24) is 0 Å². The van der Waals surface area contributed by atoms with Crippen molar-refractivity contribution in [2.45, 2.75) is 215 Å². The van der Waals surface area contributed by atoms with Crippen molar-refractivity contribution in [2.24, 2.45) is 9.98 Å². The SMILES string of the molecule is CCCCCCCCCCCCCCCCCCCCCC(=Nc1ccc(CC)c(CC)c1)C(CCCC)=Nc1ccc(CC)c(CC)c1.[Ni]. The summed E-state index contributed by atoms with van der Waals surface area (Å²) in [6, 6.07) is 13.7. The first-order valence-corrected chi connectivity index (χ1v) is 21.5. The Kier molecular flexibility index (Phi) is 28.6. The zero-order valence-corrected chi connectivity index (χ0v) is 34.8. The Morgan fingerprint density at radius 3 is 0.980 bits per heavy atom. The third-order valence-corrected chi connectivity index (χ3v) is 10.5. The van der Waals surface area contributed by atoms with Crippen LogP contribution in [0, 0.1) is 0 Å².